The van der Waals surface area contributed by atoms with Crippen LogP contribution in [0.1, 0.15) is 58.8 Å². The van der Waals surface area contributed by atoms with Crippen LogP contribution in [0, 0.1) is 5.92 Å². The van der Waals surface area contributed by atoms with Crippen LogP contribution >= 0.6 is 0 Å². The highest BCUT2D eigenvalue weighted by Gasteiger charge is 2.37. The van der Waals surface area contributed by atoms with E-state index in [0.29, 0.717) is 31.1 Å². The van der Waals surface area contributed by atoms with E-state index in [4.69, 9.17) is 10.5 Å². The normalized spacial score (nSPS) is 30.8. The largest absolute Gasteiger partial charge is 0.378 e. The van der Waals surface area contributed by atoms with Gasteiger partial charge >= 0.3 is 0 Å². The van der Waals surface area contributed by atoms with Crippen LogP contribution in [0.4, 0.5) is 0 Å². The van der Waals surface area contributed by atoms with Crippen molar-refractivity contribution in [2.75, 3.05) is 6.61 Å². The second-order valence-electron chi connectivity index (χ2n) is 6.54. The minimum atomic E-state index is -0.612. The minimum Gasteiger partial charge on any atom is -0.378 e. The molecule has 0 bridgehead atoms. The molecule has 3 unspecified atom stereocenters. The van der Waals surface area contributed by atoms with Gasteiger partial charge in [-0.1, -0.05) is 19.8 Å². The third-order valence-corrected chi connectivity index (χ3v) is 4.61. The van der Waals surface area contributed by atoms with Crippen molar-refractivity contribution < 1.29 is 9.53 Å². The average Bonchev–Trinajstić information content (AvgIpc) is 3.15. The minimum absolute atomic E-state index is 0.264. The summed E-state index contributed by atoms with van der Waals surface area (Å²) in [7, 11) is 0. The summed E-state index contributed by atoms with van der Waals surface area (Å²) in [5.41, 5.74) is 4.92. The van der Waals surface area contributed by atoms with Gasteiger partial charge in [0.1, 0.15) is 0 Å². The molecule has 0 aromatic rings. The second kappa shape index (κ2) is 6.23. The number of amides is 1. The number of primary amides is 1. The lowest BCUT2D eigenvalue weighted by atomic mass is 9.88. The van der Waals surface area contributed by atoms with E-state index < -0.39 is 5.54 Å². The second-order valence-corrected chi connectivity index (χ2v) is 6.54. The summed E-state index contributed by atoms with van der Waals surface area (Å²) in [5.74, 6) is 0.379. The van der Waals surface area contributed by atoms with Crippen molar-refractivity contribution in [3.63, 3.8) is 0 Å². The molecule has 0 heterocycles. The Morgan fingerprint density at radius 3 is 2.58 bits per heavy atom. The van der Waals surface area contributed by atoms with Crippen molar-refractivity contribution in [3.05, 3.63) is 0 Å². The molecule has 3 N–H and O–H groups in total. The zero-order valence-electron chi connectivity index (χ0n) is 12.3. The van der Waals surface area contributed by atoms with Crippen LogP contribution in [0.3, 0.4) is 0 Å². The number of carbonyl (C=O) groups is 1. The first-order chi connectivity index (χ1) is 9.01. The maximum Gasteiger partial charge on any atom is 0.237 e. The Kier molecular flexibility index (Phi) is 4.85. The van der Waals surface area contributed by atoms with Gasteiger partial charge in [0.2, 0.25) is 5.91 Å². The fourth-order valence-corrected chi connectivity index (χ4v) is 2.89. The lowest BCUT2D eigenvalue weighted by molar-refractivity contribution is -0.125. The standard InChI is InChI=1S/C15H28N2O2/c1-11-5-3-4-6-13(11)19-10-9-15(2,14(16)18)17-12-7-8-12/h11-13,17H,3-10H2,1-2H3,(H2,16,18). The van der Waals surface area contributed by atoms with Crippen molar-refractivity contribution in [2.24, 2.45) is 11.7 Å². The topological polar surface area (TPSA) is 64.3 Å². The zero-order chi connectivity index (χ0) is 13.9. The molecule has 2 aliphatic carbocycles. The molecular formula is C15H28N2O2. The van der Waals surface area contributed by atoms with E-state index in [9.17, 15) is 4.79 Å². The summed E-state index contributed by atoms with van der Waals surface area (Å²) in [4.78, 5) is 11.6. The summed E-state index contributed by atoms with van der Waals surface area (Å²) >= 11 is 0. The van der Waals surface area contributed by atoms with Crippen LogP contribution in [-0.2, 0) is 9.53 Å². The van der Waals surface area contributed by atoms with Crippen molar-refractivity contribution >= 4 is 5.91 Å². The van der Waals surface area contributed by atoms with Gasteiger partial charge in [-0.2, -0.15) is 0 Å². The number of rotatable bonds is 7. The van der Waals surface area contributed by atoms with E-state index in [-0.39, 0.29) is 5.91 Å². The molecule has 2 saturated carbocycles. The van der Waals surface area contributed by atoms with Gasteiger partial charge in [0.05, 0.1) is 11.6 Å². The Hall–Kier alpha value is -0.610. The molecule has 110 valence electrons. The highest BCUT2D eigenvalue weighted by atomic mass is 16.5. The van der Waals surface area contributed by atoms with Gasteiger partial charge in [-0.15, -0.1) is 0 Å². The number of carbonyl (C=O) groups excluding carboxylic acids is 1. The van der Waals surface area contributed by atoms with Crippen LogP contribution < -0.4 is 11.1 Å². The molecule has 2 aliphatic rings. The molecular weight excluding hydrogens is 240 g/mol. The van der Waals surface area contributed by atoms with Gasteiger partial charge in [-0.05, 0) is 44.9 Å². The summed E-state index contributed by atoms with van der Waals surface area (Å²) in [5, 5.41) is 3.36. The van der Waals surface area contributed by atoms with Crippen LogP contribution in [0.2, 0.25) is 0 Å². The predicted molar refractivity (Wildman–Crippen MR) is 75.7 cm³/mol. The number of ether oxygens (including phenoxy) is 1. The first-order valence-electron chi connectivity index (χ1n) is 7.70. The molecule has 0 aromatic carbocycles. The molecule has 4 heteroatoms. The van der Waals surface area contributed by atoms with Gasteiger partial charge in [-0.3, -0.25) is 4.79 Å². The summed E-state index contributed by atoms with van der Waals surface area (Å²) in [6.45, 7) is 4.79. The van der Waals surface area contributed by atoms with E-state index in [1.54, 1.807) is 0 Å². The molecule has 0 saturated heterocycles. The maximum atomic E-state index is 11.6. The molecule has 2 fully saturated rings. The fraction of sp³-hybridized carbons (Fsp3) is 0.933. The third-order valence-electron chi connectivity index (χ3n) is 4.61. The summed E-state index contributed by atoms with van der Waals surface area (Å²) in [6.07, 6.45) is 8.36. The van der Waals surface area contributed by atoms with Gasteiger partial charge < -0.3 is 15.8 Å². The van der Waals surface area contributed by atoms with Crippen LogP contribution in [0.5, 0.6) is 0 Å². The zero-order valence-corrected chi connectivity index (χ0v) is 12.3. The molecule has 0 radical (unpaired) electrons. The number of hydrogen-bond donors (Lipinski definition) is 2. The fourth-order valence-electron chi connectivity index (χ4n) is 2.89. The molecule has 3 atom stereocenters. The first kappa shape index (κ1) is 14.8. The van der Waals surface area contributed by atoms with Crippen molar-refractivity contribution in [3.8, 4) is 0 Å². The maximum absolute atomic E-state index is 11.6. The quantitative estimate of drug-likeness (QED) is 0.742. The van der Waals surface area contributed by atoms with Crippen molar-refractivity contribution in [1.29, 1.82) is 0 Å². The molecule has 0 aromatic heterocycles. The molecule has 0 aliphatic heterocycles. The Labute approximate surface area is 116 Å². The van der Waals surface area contributed by atoms with Gasteiger partial charge in [0.15, 0.2) is 0 Å². The van der Waals surface area contributed by atoms with Gasteiger partial charge in [0, 0.05) is 12.6 Å². The molecule has 19 heavy (non-hydrogen) atoms. The molecule has 0 spiro atoms. The van der Waals surface area contributed by atoms with Crippen LogP contribution in [-0.4, -0.2) is 30.2 Å². The number of nitrogens with one attached hydrogen (secondary N) is 1. The monoisotopic (exact) mass is 268 g/mol. The SMILES string of the molecule is CC1CCCCC1OCCC(C)(NC1CC1)C(N)=O. The highest BCUT2D eigenvalue weighted by molar-refractivity contribution is 5.84. The lowest BCUT2D eigenvalue weighted by Crippen LogP contribution is -2.54. The Balaban J connectivity index is 1.76. The average molecular weight is 268 g/mol. The van der Waals surface area contributed by atoms with E-state index in [2.05, 4.69) is 12.2 Å². The summed E-state index contributed by atoms with van der Waals surface area (Å²) in [6, 6.07) is 0.478. The molecule has 4 nitrogen and oxygen atoms in total. The Morgan fingerprint density at radius 1 is 1.32 bits per heavy atom. The smallest absolute Gasteiger partial charge is 0.237 e. The van der Waals surface area contributed by atoms with Crippen LogP contribution in [0.15, 0.2) is 0 Å². The number of nitrogens with two attached hydrogens (primary N) is 1. The van der Waals surface area contributed by atoms with Crippen molar-refractivity contribution in [2.45, 2.75) is 76.5 Å². The van der Waals surface area contributed by atoms with Crippen molar-refractivity contribution in [1.82, 2.24) is 5.32 Å². The molecule has 2 rings (SSSR count). The Bertz CT molecular complexity index is 317. The third kappa shape index (κ3) is 4.18. The van der Waals surface area contributed by atoms with Gasteiger partial charge in [0.25, 0.3) is 0 Å². The first-order valence-corrected chi connectivity index (χ1v) is 7.70. The highest BCUT2D eigenvalue weighted by Crippen LogP contribution is 2.27. The summed E-state index contributed by atoms with van der Waals surface area (Å²) < 4.78 is 6.00. The Morgan fingerprint density at radius 2 is 2.00 bits per heavy atom. The number of hydrogen-bond acceptors (Lipinski definition) is 3. The molecule has 1 amide bonds. The lowest BCUT2D eigenvalue weighted by Gasteiger charge is -2.32. The van der Waals surface area contributed by atoms with E-state index in [1.807, 2.05) is 6.92 Å². The van der Waals surface area contributed by atoms with Gasteiger partial charge in [-0.25, -0.2) is 0 Å². The van der Waals surface area contributed by atoms with E-state index >= 15 is 0 Å². The van der Waals surface area contributed by atoms with E-state index in [1.165, 1.54) is 19.3 Å². The van der Waals surface area contributed by atoms with Crippen LogP contribution in [0.25, 0.3) is 0 Å². The van der Waals surface area contributed by atoms with E-state index in [0.717, 1.165) is 19.3 Å². The predicted octanol–water partition coefficient (Wildman–Crippen LogP) is 1.97.